The van der Waals surface area contributed by atoms with E-state index in [1.807, 2.05) is 25.1 Å². The van der Waals surface area contributed by atoms with E-state index >= 15 is 0 Å². The van der Waals surface area contributed by atoms with Crippen molar-refractivity contribution in [2.24, 2.45) is 0 Å². The standard InChI is InChI=1S/C20H21BrClN3O3/c1-14(5-7-16-4-3-11-27-16)24(2)20(26)18-9-10-25(23-18)13-28-19-8-6-15(21)12-17(19)22/h3-4,6,8-12,14H,5,7,13H2,1-2H3. The minimum absolute atomic E-state index is 0.0561. The van der Waals surface area contributed by atoms with Crippen molar-refractivity contribution in [2.75, 3.05) is 7.05 Å². The smallest absolute Gasteiger partial charge is 0.274 e. The number of amides is 1. The van der Waals surface area contributed by atoms with E-state index in [1.165, 1.54) is 0 Å². The number of carbonyl (C=O) groups is 1. The summed E-state index contributed by atoms with van der Waals surface area (Å²) in [7, 11) is 1.78. The van der Waals surface area contributed by atoms with Gasteiger partial charge in [-0.05, 0) is 49.7 Å². The minimum atomic E-state index is -0.132. The van der Waals surface area contributed by atoms with Crippen molar-refractivity contribution in [3.05, 3.63) is 69.8 Å². The van der Waals surface area contributed by atoms with Gasteiger partial charge in [0.15, 0.2) is 12.4 Å². The van der Waals surface area contributed by atoms with E-state index < -0.39 is 0 Å². The molecule has 0 saturated heterocycles. The topological polar surface area (TPSA) is 60.5 Å². The zero-order valence-corrected chi connectivity index (χ0v) is 18.0. The molecule has 3 rings (SSSR count). The number of ether oxygens (including phenoxy) is 1. The number of nitrogens with zero attached hydrogens (tertiary/aromatic N) is 3. The van der Waals surface area contributed by atoms with Crippen molar-refractivity contribution < 1.29 is 13.9 Å². The number of hydrogen-bond donors (Lipinski definition) is 0. The van der Waals surface area contributed by atoms with E-state index in [0.717, 1.165) is 23.1 Å². The van der Waals surface area contributed by atoms with Gasteiger partial charge in [0, 0.05) is 30.2 Å². The minimum Gasteiger partial charge on any atom is -0.470 e. The van der Waals surface area contributed by atoms with Gasteiger partial charge in [-0.3, -0.25) is 4.79 Å². The Morgan fingerprint density at radius 2 is 2.21 bits per heavy atom. The van der Waals surface area contributed by atoms with Gasteiger partial charge < -0.3 is 14.1 Å². The molecule has 0 fully saturated rings. The monoisotopic (exact) mass is 465 g/mol. The first-order chi connectivity index (χ1) is 13.4. The van der Waals surface area contributed by atoms with Gasteiger partial charge in [0.05, 0.1) is 11.3 Å². The molecule has 3 aromatic rings. The van der Waals surface area contributed by atoms with Crippen molar-refractivity contribution in [3.63, 3.8) is 0 Å². The quantitative estimate of drug-likeness (QED) is 0.467. The third kappa shape index (κ3) is 5.17. The van der Waals surface area contributed by atoms with Crippen LogP contribution in [-0.4, -0.2) is 33.7 Å². The molecular weight excluding hydrogens is 446 g/mol. The van der Waals surface area contributed by atoms with Gasteiger partial charge in [-0.15, -0.1) is 0 Å². The third-order valence-corrected chi connectivity index (χ3v) is 5.26. The van der Waals surface area contributed by atoms with Crippen molar-refractivity contribution >= 4 is 33.4 Å². The average molecular weight is 467 g/mol. The summed E-state index contributed by atoms with van der Waals surface area (Å²) in [5, 5.41) is 4.82. The first-order valence-corrected chi connectivity index (χ1v) is 10.0. The van der Waals surface area contributed by atoms with E-state index in [9.17, 15) is 4.79 Å². The van der Waals surface area contributed by atoms with E-state index in [1.54, 1.807) is 47.3 Å². The fourth-order valence-electron chi connectivity index (χ4n) is 2.66. The van der Waals surface area contributed by atoms with Crippen LogP contribution in [0.4, 0.5) is 0 Å². The maximum atomic E-state index is 12.7. The lowest BCUT2D eigenvalue weighted by Crippen LogP contribution is -2.35. The van der Waals surface area contributed by atoms with E-state index in [0.29, 0.717) is 16.5 Å². The predicted molar refractivity (Wildman–Crippen MR) is 111 cm³/mol. The molecule has 1 aromatic carbocycles. The number of furan rings is 1. The Labute approximate surface area is 177 Å². The third-order valence-electron chi connectivity index (χ3n) is 4.48. The summed E-state index contributed by atoms with van der Waals surface area (Å²) in [6.45, 7) is 2.17. The zero-order valence-electron chi connectivity index (χ0n) is 15.6. The van der Waals surface area contributed by atoms with E-state index in [-0.39, 0.29) is 18.7 Å². The zero-order chi connectivity index (χ0) is 20.1. The first kappa shape index (κ1) is 20.5. The Kier molecular flexibility index (Phi) is 6.80. The largest absolute Gasteiger partial charge is 0.470 e. The highest BCUT2D eigenvalue weighted by Gasteiger charge is 2.20. The highest BCUT2D eigenvalue weighted by molar-refractivity contribution is 9.10. The van der Waals surface area contributed by atoms with Gasteiger partial charge in [-0.2, -0.15) is 5.10 Å². The summed E-state index contributed by atoms with van der Waals surface area (Å²) in [5.41, 5.74) is 0.373. The maximum absolute atomic E-state index is 12.7. The molecule has 28 heavy (non-hydrogen) atoms. The molecule has 0 saturated carbocycles. The lowest BCUT2D eigenvalue weighted by atomic mass is 10.1. The average Bonchev–Trinajstić information content (AvgIpc) is 3.36. The molecule has 0 aliphatic heterocycles. The number of halogens is 2. The molecular formula is C20H21BrClN3O3. The second-order valence-corrected chi connectivity index (χ2v) is 7.79. The Hall–Kier alpha value is -2.25. The van der Waals surface area contributed by atoms with Crippen LogP contribution in [0.1, 0.15) is 29.6 Å². The van der Waals surface area contributed by atoms with Gasteiger partial charge in [0.2, 0.25) is 0 Å². The van der Waals surface area contributed by atoms with E-state index in [2.05, 4.69) is 21.0 Å². The van der Waals surface area contributed by atoms with Crippen LogP contribution >= 0.6 is 27.5 Å². The number of carbonyl (C=O) groups excluding carboxylic acids is 1. The summed E-state index contributed by atoms with van der Waals surface area (Å²) in [6, 6.07) is 10.9. The molecule has 0 spiro atoms. The van der Waals surface area contributed by atoms with Crippen LogP contribution < -0.4 is 4.74 Å². The van der Waals surface area contributed by atoms with Crippen LogP contribution in [0.3, 0.4) is 0 Å². The van der Waals surface area contributed by atoms with Crippen molar-refractivity contribution in [1.82, 2.24) is 14.7 Å². The van der Waals surface area contributed by atoms with Gasteiger partial charge in [0.1, 0.15) is 11.5 Å². The van der Waals surface area contributed by atoms with Crippen molar-refractivity contribution in [2.45, 2.75) is 32.5 Å². The van der Waals surface area contributed by atoms with Crippen LogP contribution in [0.25, 0.3) is 0 Å². The molecule has 1 atom stereocenters. The number of benzene rings is 1. The Bertz CT molecular complexity index is 927. The van der Waals surface area contributed by atoms with Gasteiger partial charge in [-0.1, -0.05) is 27.5 Å². The second kappa shape index (κ2) is 9.30. The normalized spacial score (nSPS) is 12.0. The number of hydrogen-bond acceptors (Lipinski definition) is 4. The highest BCUT2D eigenvalue weighted by Crippen LogP contribution is 2.27. The molecule has 0 N–H and O–H groups in total. The van der Waals surface area contributed by atoms with Crippen LogP contribution in [0.15, 0.2) is 57.7 Å². The molecule has 1 amide bonds. The summed E-state index contributed by atoms with van der Waals surface area (Å²) in [4.78, 5) is 14.4. The van der Waals surface area contributed by atoms with Crippen LogP contribution in [0.2, 0.25) is 5.02 Å². The number of aryl methyl sites for hydroxylation is 1. The molecule has 0 aliphatic rings. The summed E-state index contributed by atoms with van der Waals surface area (Å²) in [6.07, 6.45) is 4.95. The molecule has 8 heteroatoms. The summed E-state index contributed by atoms with van der Waals surface area (Å²) >= 11 is 9.50. The number of rotatable bonds is 8. The molecule has 0 radical (unpaired) electrons. The maximum Gasteiger partial charge on any atom is 0.274 e. The summed E-state index contributed by atoms with van der Waals surface area (Å²) < 4.78 is 13.5. The summed E-state index contributed by atoms with van der Waals surface area (Å²) in [5.74, 6) is 1.34. The lowest BCUT2D eigenvalue weighted by Gasteiger charge is -2.23. The molecule has 1 unspecified atom stereocenters. The molecule has 0 aliphatic carbocycles. The molecule has 148 valence electrons. The second-order valence-electron chi connectivity index (χ2n) is 6.47. The fraction of sp³-hybridized carbons (Fsp3) is 0.300. The first-order valence-electron chi connectivity index (χ1n) is 8.85. The lowest BCUT2D eigenvalue weighted by molar-refractivity contribution is 0.0728. The van der Waals surface area contributed by atoms with Gasteiger partial charge in [-0.25, -0.2) is 4.68 Å². The van der Waals surface area contributed by atoms with Gasteiger partial charge >= 0.3 is 0 Å². The Morgan fingerprint density at radius 1 is 1.39 bits per heavy atom. The predicted octanol–water partition coefficient (Wildman–Crippen LogP) is 5.02. The van der Waals surface area contributed by atoms with Crippen LogP contribution in [0, 0.1) is 0 Å². The van der Waals surface area contributed by atoms with Crippen molar-refractivity contribution in [1.29, 1.82) is 0 Å². The van der Waals surface area contributed by atoms with E-state index in [4.69, 9.17) is 20.8 Å². The fourth-order valence-corrected chi connectivity index (χ4v) is 3.38. The van der Waals surface area contributed by atoms with Crippen LogP contribution in [-0.2, 0) is 13.2 Å². The highest BCUT2D eigenvalue weighted by atomic mass is 79.9. The molecule has 2 aromatic heterocycles. The molecule has 6 nitrogen and oxygen atoms in total. The number of aromatic nitrogens is 2. The van der Waals surface area contributed by atoms with Crippen LogP contribution in [0.5, 0.6) is 5.75 Å². The Balaban J connectivity index is 1.55. The Morgan fingerprint density at radius 3 is 2.93 bits per heavy atom. The SMILES string of the molecule is CC(CCc1ccco1)N(C)C(=O)c1ccn(COc2ccc(Br)cc2Cl)n1. The molecule has 2 heterocycles. The van der Waals surface area contributed by atoms with Crippen molar-refractivity contribution in [3.8, 4) is 5.75 Å². The van der Waals surface area contributed by atoms with Gasteiger partial charge in [0.25, 0.3) is 5.91 Å². The molecule has 0 bridgehead atoms.